The third kappa shape index (κ3) is 2.39. The number of thiazole rings is 1. The molecule has 3 atom stereocenters. The van der Waals surface area contributed by atoms with Crippen LogP contribution in [0.15, 0.2) is 5.38 Å². The number of nitrogens with two attached hydrogens (primary N) is 1. The van der Waals surface area contributed by atoms with E-state index in [1.807, 2.05) is 0 Å². The van der Waals surface area contributed by atoms with E-state index in [9.17, 15) is 0 Å². The Balaban J connectivity index is 1.63. The van der Waals surface area contributed by atoms with Gasteiger partial charge in [-0.15, -0.1) is 11.3 Å². The number of aryl methyl sites for hydroxylation is 1. The van der Waals surface area contributed by atoms with Gasteiger partial charge in [0.15, 0.2) is 0 Å². The topological polar surface area (TPSA) is 42.1 Å². The first-order chi connectivity index (χ1) is 8.22. The monoisotopic (exact) mass is 251 g/mol. The zero-order valence-corrected chi connectivity index (χ0v) is 11.2. The first-order valence-electron chi connectivity index (χ1n) is 6.61. The molecule has 1 aliphatic heterocycles. The number of likely N-dealkylation sites (tertiary alicyclic amines) is 1. The van der Waals surface area contributed by atoms with E-state index in [-0.39, 0.29) is 0 Å². The van der Waals surface area contributed by atoms with Crippen molar-refractivity contribution in [1.29, 1.82) is 0 Å². The van der Waals surface area contributed by atoms with Crippen molar-refractivity contribution < 1.29 is 0 Å². The Morgan fingerprint density at radius 2 is 2.35 bits per heavy atom. The maximum absolute atomic E-state index is 6.24. The summed E-state index contributed by atoms with van der Waals surface area (Å²) in [6, 6.07) is 0.441. The smallest absolute Gasteiger partial charge is 0.107 e. The summed E-state index contributed by atoms with van der Waals surface area (Å²) in [6.45, 7) is 5.51. The molecule has 1 saturated carbocycles. The van der Waals surface area contributed by atoms with Crippen molar-refractivity contribution in [3.8, 4) is 0 Å². The summed E-state index contributed by atoms with van der Waals surface area (Å²) in [6.07, 6.45) is 3.93. The van der Waals surface area contributed by atoms with Gasteiger partial charge < -0.3 is 5.73 Å². The van der Waals surface area contributed by atoms with Gasteiger partial charge in [-0.1, -0.05) is 6.42 Å². The Hall–Kier alpha value is -0.450. The molecule has 4 heteroatoms. The van der Waals surface area contributed by atoms with E-state index in [1.165, 1.54) is 37.4 Å². The van der Waals surface area contributed by atoms with Crippen LogP contribution in [-0.4, -0.2) is 29.0 Å². The van der Waals surface area contributed by atoms with E-state index in [0.29, 0.717) is 6.04 Å². The predicted octanol–water partition coefficient (Wildman–Crippen LogP) is 2.01. The molecule has 94 valence electrons. The van der Waals surface area contributed by atoms with Crippen molar-refractivity contribution in [1.82, 2.24) is 9.88 Å². The van der Waals surface area contributed by atoms with E-state index in [1.54, 1.807) is 11.3 Å². The normalized spacial score (nSPS) is 33.9. The molecule has 0 bridgehead atoms. The highest BCUT2D eigenvalue weighted by molar-refractivity contribution is 7.09. The van der Waals surface area contributed by atoms with Gasteiger partial charge in [0.1, 0.15) is 5.01 Å². The maximum atomic E-state index is 6.24. The second-order valence-corrected chi connectivity index (χ2v) is 6.54. The molecule has 0 aromatic carbocycles. The van der Waals surface area contributed by atoms with Gasteiger partial charge in [-0.2, -0.15) is 0 Å². The van der Waals surface area contributed by atoms with Crippen molar-refractivity contribution in [2.45, 2.75) is 38.8 Å². The van der Waals surface area contributed by atoms with E-state index in [4.69, 9.17) is 5.73 Å². The Bertz CT molecular complexity index is 390. The Morgan fingerprint density at radius 1 is 1.47 bits per heavy atom. The SMILES string of the molecule is Cc1csc(CN2CC3CCCC(N)C3C2)n1. The summed E-state index contributed by atoms with van der Waals surface area (Å²) in [5, 5.41) is 3.40. The van der Waals surface area contributed by atoms with E-state index in [0.717, 1.165) is 24.1 Å². The fourth-order valence-electron chi connectivity index (χ4n) is 3.40. The first-order valence-corrected chi connectivity index (χ1v) is 7.49. The highest BCUT2D eigenvalue weighted by Crippen LogP contribution is 2.36. The zero-order valence-electron chi connectivity index (χ0n) is 10.4. The van der Waals surface area contributed by atoms with Crippen molar-refractivity contribution in [3.63, 3.8) is 0 Å². The molecule has 1 aliphatic carbocycles. The van der Waals surface area contributed by atoms with Crippen LogP contribution < -0.4 is 5.73 Å². The maximum Gasteiger partial charge on any atom is 0.107 e. The highest BCUT2D eigenvalue weighted by Gasteiger charge is 2.38. The minimum absolute atomic E-state index is 0.441. The molecule has 3 rings (SSSR count). The third-order valence-electron chi connectivity index (χ3n) is 4.25. The molecule has 1 aromatic rings. The molecule has 1 aromatic heterocycles. The highest BCUT2D eigenvalue weighted by atomic mass is 32.1. The molecule has 2 aliphatic rings. The van der Waals surface area contributed by atoms with Crippen LogP contribution in [0.25, 0.3) is 0 Å². The Kier molecular flexibility index (Phi) is 3.19. The zero-order chi connectivity index (χ0) is 11.8. The van der Waals surface area contributed by atoms with Gasteiger partial charge in [-0.05, 0) is 31.6 Å². The van der Waals surface area contributed by atoms with Crippen LogP contribution in [-0.2, 0) is 6.54 Å². The second-order valence-electron chi connectivity index (χ2n) is 5.60. The Labute approximate surface area is 107 Å². The molecule has 0 amide bonds. The van der Waals surface area contributed by atoms with Gasteiger partial charge in [0.25, 0.3) is 0 Å². The molecule has 0 radical (unpaired) electrons. The third-order valence-corrected chi connectivity index (χ3v) is 5.21. The largest absolute Gasteiger partial charge is 0.327 e. The minimum atomic E-state index is 0.441. The lowest BCUT2D eigenvalue weighted by Crippen LogP contribution is -2.38. The van der Waals surface area contributed by atoms with Gasteiger partial charge in [0.2, 0.25) is 0 Å². The molecule has 1 saturated heterocycles. The lowest BCUT2D eigenvalue weighted by Gasteiger charge is -2.29. The average Bonchev–Trinajstić information content (AvgIpc) is 2.86. The lowest BCUT2D eigenvalue weighted by molar-refractivity contribution is 0.259. The summed E-state index contributed by atoms with van der Waals surface area (Å²) in [5.74, 6) is 1.59. The fraction of sp³-hybridized carbons (Fsp3) is 0.769. The molecule has 3 unspecified atom stereocenters. The van der Waals surface area contributed by atoms with Crippen LogP contribution in [0.1, 0.15) is 30.0 Å². The van der Waals surface area contributed by atoms with E-state index in [2.05, 4.69) is 22.2 Å². The van der Waals surface area contributed by atoms with Crippen LogP contribution in [0, 0.1) is 18.8 Å². The van der Waals surface area contributed by atoms with E-state index < -0.39 is 0 Å². The number of rotatable bonds is 2. The summed E-state index contributed by atoms with van der Waals surface area (Å²) < 4.78 is 0. The summed E-state index contributed by atoms with van der Waals surface area (Å²) in [7, 11) is 0. The predicted molar refractivity (Wildman–Crippen MR) is 70.9 cm³/mol. The fourth-order valence-corrected chi connectivity index (χ4v) is 4.22. The van der Waals surface area contributed by atoms with Gasteiger partial charge in [-0.25, -0.2) is 4.98 Å². The summed E-state index contributed by atoms with van der Waals surface area (Å²) >= 11 is 1.79. The molecule has 0 spiro atoms. The van der Waals surface area contributed by atoms with Crippen molar-refractivity contribution in [2.24, 2.45) is 17.6 Å². The molecule has 2 fully saturated rings. The second kappa shape index (κ2) is 4.67. The number of hydrogen-bond donors (Lipinski definition) is 1. The van der Waals surface area contributed by atoms with Crippen LogP contribution in [0.4, 0.5) is 0 Å². The van der Waals surface area contributed by atoms with Gasteiger partial charge in [-0.3, -0.25) is 4.90 Å². The van der Waals surface area contributed by atoms with Crippen LogP contribution in [0.3, 0.4) is 0 Å². The van der Waals surface area contributed by atoms with Crippen LogP contribution in [0.2, 0.25) is 0 Å². The van der Waals surface area contributed by atoms with Gasteiger partial charge in [0.05, 0.1) is 6.54 Å². The van der Waals surface area contributed by atoms with Gasteiger partial charge in [0, 0.05) is 30.2 Å². The van der Waals surface area contributed by atoms with Crippen LogP contribution in [0.5, 0.6) is 0 Å². The molecular formula is C13H21N3S. The van der Waals surface area contributed by atoms with Gasteiger partial charge >= 0.3 is 0 Å². The standard InChI is InChI=1S/C13H21N3S/c1-9-8-17-13(15-9)7-16-5-10-3-2-4-12(14)11(10)6-16/h8,10-12H,2-7,14H2,1H3. The van der Waals surface area contributed by atoms with Crippen LogP contribution >= 0.6 is 11.3 Å². The van der Waals surface area contributed by atoms with Crippen molar-refractivity contribution in [2.75, 3.05) is 13.1 Å². The summed E-state index contributed by atoms with van der Waals surface area (Å²) in [5.41, 5.74) is 7.39. The first kappa shape index (κ1) is 11.6. The van der Waals surface area contributed by atoms with Crippen molar-refractivity contribution >= 4 is 11.3 Å². The minimum Gasteiger partial charge on any atom is -0.327 e. The molecule has 2 heterocycles. The molecule has 17 heavy (non-hydrogen) atoms. The summed E-state index contributed by atoms with van der Waals surface area (Å²) in [4.78, 5) is 7.11. The number of fused-ring (bicyclic) bond motifs is 1. The molecular weight excluding hydrogens is 230 g/mol. The number of aromatic nitrogens is 1. The molecule has 2 N–H and O–H groups in total. The van der Waals surface area contributed by atoms with Crippen molar-refractivity contribution in [3.05, 3.63) is 16.1 Å². The number of nitrogens with zero attached hydrogens (tertiary/aromatic N) is 2. The molecule has 3 nitrogen and oxygen atoms in total. The lowest BCUT2D eigenvalue weighted by atomic mass is 9.78. The quantitative estimate of drug-likeness (QED) is 0.874. The number of hydrogen-bond acceptors (Lipinski definition) is 4. The Morgan fingerprint density at radius 3 is 3.06 bits per heavy atom. The van der Waals surface area contributed by atoms with E-state index >= 15 is 0 Å². The average molecular weight is 251 g/mol.